The van der Waals surface area contributed by atoms with Crippen LogP contribution in [0.4, 0.5) is 8.78 Å². The number of carbonyl (C=O) groups is 1. The second kappa shape index (κ2) is 13.1. The van der Waals surface area contributed by atoms with Gasteiger partial charge in [-0.05, 0) is 66.8 Å². The maximum absolute atomic E-state index is 13.6. The molecule has 3 aromatic carbocycles. The van der Waals surface area contributed by atoms with Crippen molar-refractivity contribution >= 4 is 38.5 Å². The number of pyridine rings is 1. The molecule has 0 spiro atoms. The number of rotatable bonds is 3. The zero-order valence-electron chi connectivity index (χ0n) is 23.6. The summed E-state index contributed by atoms with van der Waals surface area (Å²) in [5, 5.41) is 12.6. The molecule has 1 radical (unpaired) electrons. The van der Waals surface area contributed by atoms with Crippen molar-refractivity contribution in [3.05, 3.63) is 97.2 Å². The van der Waals surface area contributed by atoms with Gasteiger partial charge in [0.25, 0.3) is 0 Å². The first-order valence-corrected chi connectivity index (χ1v) is 13.1. The van der Waals surface area contributed by atoms with Gasteiger partial charge in [-0.25, -0.2) is 8.78 Å². The van der Waals surface area contributed by atoms with E-state index >= 15 is 0 Å². The molecule has 1 N–H and O–H groups in total. The second-order valence-corrected chi connectivity index (χ2v) is 10.3. The molecule has 0 aliphatic heterocycles. The van der Waals surface area contributed by atoms with Crippen LogP contribution in [-0.2, 0) is 24.9 Å². The van der Waals surface area contributed by atoms with E-state index < -0.39 is 5.92 Å². The number of halogens is 2. The van der Waals surface area contributed by atoms with E-state index in [2.05, 4.69) is 36.4 Å². The fraction of sp³-hybridized carbons (Fsp3) is 0.265. The molecule has 2 heterocycles. The quantitative estimate of drug-likeness (QED) is 0.114. The van der Waals surface area contributed by atoms with E-state index in [1.54, 1.807) is 6.20 Å². The minimum atomic E-state index is -2.51. The Hall–Kier alpha value is -3.41. The number of nitrogens with zero attached hydrogens (tertiary/aromatic N) is 1. The summed E-state index contributed by atoms with van der Waals surface area (Å²) in [4.78, 5) is 14.7. The van der Waals surface area contributed by atoms with Gasteiger partial charge in [0.15, 0.2) is 5.78 Å². The molecule has 5 aromatic rings. The summed E-state index contributed by atoms with van der Waals surface area (Å²) >= 11 is 0. The second-order valence-electron chi connectivity index (χ2n) is 10.3. The third-order valence-corrected chi connectivity index (χ3v) is 7.17. The number of fused-ring (bicyclic) bond motifs is 4. The fourth-order valence-electron chi connectivity index (χ4n) is 5.38. The summed E-state index contributed by atoms with van der Waals surface area (Å²) in [6.07, 6.45) is 3.98. The van der Waals surface area contributed by atoms with Crippen molar-refractivity contribution in [2.75, 3.05) is 0 Å². The summed E-state index contributed by atoms with van der Waals surface area (Å²) in [7, 11) is 0. The van der Waals surface area contributed by atoms with Gasteiger partial charge >= 0.3 is 0 Å². The van der Waals surface area contributed by atoms with Crippen LogP contribution in [0.25, 0.3) is 44.0 Å². The first-order chi connectivity index (χ1) is 18.6. The number of ketones is 1. The van der Waals surface area contributed by atoms with E-state index in [0.717, 1.165) is 55.1 Å². The van der Waals surface area contributed by atoms with Crippen molar-refractivity contribution in [3.63, 3.8) is 0 Å². The molecule has 0 atom stereocenters. The van der Waals surface area contributed by atoms with Crippen molar-refractivity contribution in [3.8, 4) is 11.3 Å². The largest absolute Gasteiger partial charge is 0.512 e. The molecule has 0 unspecified atom stereocenters. The molecule has 6 rings (SSSR count). The molecule has 0 bridgehead atoms. The Morgan fingerprint density at radius 1 is 1.05 bits per heavy atom. The Labute approximate surface area is 252 Å². The number of benzene rings is 3. The van der Waals surface area contributed by atoms with E-state index in [1.165, 1.54) is 19.9 Å². The Morgan fingerprint density at radius 3 is 2.41 bits per heavy atom. The predicted octanol–water partition coefficient (Wildman–Crippen LogP) is 9.69. The van der Waals surface area contributed by atoms with Crippen molar-refractivity contribution < 1.29 is 43.2 Å². The van der Waals surface area contributed by atoms with Crippen LogP contribution in [0.15, 0.2) is 77.0 Å². The number of allylic oxidation sites excluding steroid dienone is 2. The van der Waals surface area contributed by atoms with Crippen LogP contribution in [0.5, 0.6) is 0 Å². The van der Waals surface area contributed by atoms with Gasteiger partial charge in [0.05, 0.1) is 11.3 Å². The standard InChI is InChI=1S/C28H22F2NO.C5H8O2.CH3.Ir/c1-17-14-23-22-4-2-3-5-25(22)32-27(23)24(15-17)26-21-7-6-19(16-20(21)10-13-31-26)18-8-11-28(29,30)12-9-18;1-4(6)3-5(2)7;;/h2-7,10,13-14,16,18H,8-9,11-12H2,1H3;3,6H,1-2H3;1H3;/q-1;;-1;/b;4-3-;;. The van der Waals surface area contributed by atoms with Gasteiger partial charge in [-0.1, -0.05) is 54.3 Å². The number of aliphatic hydroxyl groups is 1. The number of carbonyl (C=O) groups excluding carboxylic acids is 1. The third-order valence-electron chi connectivity index (χ3n) is 7.17. The number of hydrogen-bond donors (Lipinski definition) is 1. The molecule has 1 fully saturated rings. The van der Waals surface area contributed by atoms with Gasteiger partial charge in [0.1, 0.15) is 5.58 Å². The number of hydrogen-bond acceptors (Lipinski definition) is 4. The Balaban J connectivity index is 0.000000461. The first-order valence-electron chi connectivity index (χ1n) is 13.1. The van der Waals surface area contributed by atoms with Crippen LogP contribution >= 0.6 is 0 Å². The average Bonchev–Trinajstić information content (AvgIpc) is 3.26. The van der Waals surface area contributed by atoms with E-state index in [-0.39, 0.29) is 57.8 Å². The predicted molar refractivity (Wildman–Crippen MR) is 158 cm³/mol. The smallest absolute Gasteiger partial charge is 0.248 e. The minimum absolute atomic E-state index is 0. The van der Waals surface area contributed by atoms with Crippen molar-refractivity contribution in [1.82, 2.24) is 4.98 Å². The molecule has 1 aliphatic rings. The van der Waals surface area contributed by atoms with E-state index in [9.17, 15) is 13.6 Å². The number of aromatic nitrogens is 1. The summed E-state index contributed by atoms with van der Waals surface area (Å²) in [5.74, 6) is -2.39. The van der Waals surface area contributed by atoms with Gasteiger partial charge < -0.3 is 21.9 Å². The molecule has 0 amide bonds. The van der Waals surface area contributed by atoms with Crippen molar-refractivity contribution in [2.45, 2.75) is 58.3 Å². The summed E-state index contributed by atoms with van der Waals surface area (Å²) in [6, 6.07) is 21.9. The number of para-hydroxylation sites is 1. The molecular weight excluding hydrogens is 701 g/mol. The third kappa shape index (κ3) is 7.09. The molecular formula is C34H33F2IrNO3-2. The fourth-order valence-corrected chi connectivity index (χ4v) is 5.38. The van der Waals surface area contributed by atoms with Crippen LogP contribution in [-0.4, -0.2) is 21.8 Å². The minimum Gasteiger partial charge on any atom is -0.512 e. The summed E-state index contributed by atoms with van der Waals surface area (Å²) in [6.45, 7) is 4.88. The Kier molecular flexibility index (Phi) is 10.2. The summed E-state index contributed by atoms with van der Waals surface area (Å²) in [5.41, 5.74) is 5.48. The zero-order chi connectivity index (χ0) is 27.7. The number of furan rings is 1. The average molecular weight is 734 g/mol. The molecule has 1 aliphatic carbocycles. The Bertz CT molecular complexity index is 1710. The molecule has 2 aromatic heterocycles. The van der Waals surface area contributed by atoms with E-state index in [1.807, 2.05) is 31.2 Å². The number of alkyl halides is 2. The monoisotopic (exact) mass is 734 g/mol. The van der Waals surface area contributed by atoms with Gasteiger partial charge in [0, 0.05) is 50.6 Å². The van der Waals surface area contributed by atoms with E-state index in [4.69, 9.17) is 14.5 Å². The molecule has 0 saturated heterocycles. The topological polar surface area (TPSA) is 63.3 Å². The number of aryl methyl sites for hydroxylation is 1. The van der Waals surface area contributed by atoms with Gasteiger partial charge in [-0.15, -0.1) is 17.7 Å². The van der Waals surface area contributed by atoms with Crippen LogP contribution in [0, 0.1) is 20.4 Å². The molecule has 4 nitrogen and oxygen atoms in total. The maximum atomic E-state index is 13.6. The van der Waals surface area contributed by atoms with Crippen molar-refractivity contribution in [1.29, 1.82) is 0 Å². The molecule has 1 saturated carbocycles. The van der Waals surface area contributed by atoms with Crippen LogP contribution in [0.3, 0.4) is 0 Å². The van der Waals surface area contributed by atoms with Crippen LogP contribution in [0.1, 0.15) is 56.6 Å². The maximum Gasteiger partial charge on any atom is 0.248 e. The first kappa shape index (κ1) is 32.1. The van der Waals surface area contributed by atoms with Crippen molar-refractivity contribution in [2.24, 2.45) is 0 Å². The SMILES string of the molecule is CC(=O)/C=C(/C)O.Cc1[c-]c(-c2nccc3cc(C4CCC(F)(F)CC4)ccc23)c2oc3ccccc3c2c1.[CH3-].[Ir]. The zero-order valence-corrected chi connectivity index (χ0v) is 26.0. The van der Waals surface area contributed by atoms with Crippen LogP contribution < -0.4 is 0 Å². The molecule has 217 valence electrons. The summed E-state index contributed by atoms with van der Waals surface area (Å²) < 4.78 is 33.4. The number of aliphatic hydroxyl groups excluding tert-OH is 1. The van der Waals surface area contributed by atoms with Gasteiger partial charge in [-0.3, -0.25) is 4.79 Å². The Morgan fingerprint density at radius 2 is 1.76 bits per heavy atom. The molecule has 41 heavy (non-hydrogen) atoms. The van der Waals surface area contributed by atoms with Gasteiger partial charge in [0.2, 0.25) is 5.92 Å². The normalized spacial score (nSPS) is 15.1. The van der Waals surface area contributed by atoms with E-state index in [0.29, 0.717) is 12.8 Å². The molecule has 7 heteroatoms. The van der Waals surface area contributed by atoms with Crippen LogP contribution in [0.2, 0.25) is 0 Å². The van der Waals surface area contributed by atoms with Gasteiger partial charge in [-0.2, -0.15) is 0 Å².